The number of oxazole rings is 1. The molecule has 2 aromatic heterocycles. The summed E-state index contributed by atoms with van der Waals surface area (Å²) in [7, 11) is 0. The number of pyridine rings is 1. The largest absolute Gasteiger partial charge is 0.417 e. The van der Waals surface area contributed by atoms with E-state index in [1.807, 2.05) is 30.3 Å². The molecule has 3 rings (SSSR count). The smallest absolute Gasteiger partial charge is 0.399 e. The number of rotatable bonds is 3. The predicted molar refractivity (Wildman–Crippen MR) is 67.9 cm³/mol. The van der Waals surface area contributed by atoms with Crippen molar-refractivity contribution in [3.63, 3.8) is 0 Å². The molecule has 0 aliphatic carbocycles. The second kappa shape index (κ2) is 4.66. The Balaban J connectivity index is 1.99. The van der Waals surface area contributed by atoms with E-state index in [9.17, 15) is 0 Å². The third-order valence-corrected chi connectivity index (χ3v) is 2.74. The number of halogens is 1. The Labute approximate surface area is 108 Å². The highest BCUT2D eigenvalue weighted by atomic mass is 35.5. The van der Waals surface area contributed by atoms with Crippen LogP contribution >= 0.6 is 11.6 Å². The molecule has 0 fully saturated rings. The van der Waals surface area contributed by atoms with Crippen molar-refractivity contribution in [1.29, 1.82) is 0 Å². The maximum absolute atomic E-state index is 5.65. The van der Waals surface area contributed by atoms with E-state index in [-0.39, 0.29) is 6.08 Å². The third-order valence-electron chi connectivity index (χ3n) is 2.47. The van der Waals surface area contributed by atoms with Gasteiger partial charge in [0.1, 0.15) is 12.0 Å². The van der Waals surface area contributed by atoms with Crippen molar-refractivity contribution in [2.24, 2.45) is 0 Å². The van der Waals surface area contributed by atoms with Crippen LogP contribution in [-0.2, 0) is 5.88 Å². The Morgan fingerprint density at radius 3 is 3.00 bits per heavy atom. The van der Waals surface area contributed by atoms with Gasteiger partial charge < -0.3 is 9.15 Å². The number of ether oxygens (including phenoxy) is 1. The van der Waals surface area contributed by atoms with Gasteiger partial charge in [0.2, 0.25) is 0 Å². The Morgan fingerprint density at radius 2 is 2.17 bits per heavy atom. The Bertz CT molecular complexity index is 676. The molecule has 3 aromatic rings. The van der Waals surface area contributed by atoms with Crippen molar-refractivity contribution in [1.82, 2.24) is 9.97 Å². The average molecular weight is 261 g/mol. The minimum absolute atomic E-state index is 0.182. The fourth-order valence-corrected chi connectivity index (χ4v) is 1.78. The zero-order valence-corrected chi connectivity index (χ0v) is 10.1. The predicted octanol–water partition coefficient (Wildman–Crippen LogP) is 3.75. The van der Waals surface area contributed by atoms with Gasteiger partial charge in [0, 0.05) is 11.6 Å². The van der Waals surface area contributed by atoms with Gasteiger partial charge in [-0.3, -0.25) is 4.98 Å². The number of nitrogens with zero attached hydrogens (tertiary/aromatic N) is 2. The number of hydrogen-bond donors (Lipinski definition) is 0. The average Bonchev–Trinajstić information content (AvgIpc) is 2.87. The maximum atomic E-state index is 5.65. The molecule has 0 saturated heterocycles. The lowest BCUT2D eigenvalue weighted by molar-refractivity contribution is 0.333. The van der Waals surface area contributed by atoms with Crippen LogP contribution in [0.3, 0.4) is 0 Å². The zero-order valence-electron chi connectivity index (χ0n) is 9.34. The summed E-state index contributed by atoms with van der Waals surface area (Å²) in [5, 5.41) is 0.908. The molecule has 0 spiro atoms. The first-order valence-electron chi connectivity index (χ1n) is 5.39. The lowest BCUT2D eigenvalue weighted by Gasteiger charge is -2.04. The molecule has 18 heavy (non-hydrogen) atoms. The molecule has 0 unspecified atom stereocenters. The molecule has 0 amide bonds. The number of aromatic nitrogens is 2. The standard InChI is InChI=1S/C13H9ClN2O2/c14-7-9-8-17-13(16-9)18-12-5-1-4-11-10(12)3-2-6-15-11/h1-6,8H,7H2. The minimum atomic E-state index is 0.182. The van der Waals surface area contributed by atoms with Crippen molar-refractivity contribution in [2.75, 3.05) is 0 Å². The molecular weight excluding hydrogens is 252 g/mol. The summed E-state index contributed by atoms with van der Waals surface area (Å²) in [5.74, 6) is 0.952. The first-order valence-corrected chi connectivity index (χ1v) is 5.92. The third kappa shape index (κ3) is 2.02. The van der Waals surface area contributed by atoms with Gasteiger partial charge in [-0.15, -0.1) is 11.6 Å². The SMILES string of the molecule is ClCc1coc(Oc2cccc3ncccc23)n1. The van der Waals surface area contributed by atoms with Gasteiger partial charge in [-0.05, 0) is 24.3 Å². The molecule has 0 N–H and O–H groups in total. The van der Waals surface area contributed by atoms with Crippen molar-refractivity contribution in [3.8, 4) is 11.8 Å². The van der Waals surface area contributed by atoms with Crippen LogP contribution in [0.5, 0.6) is 11.8 Å². The van der Waals surface area contributed by atoms with Crippen LogP contribution in [0.25, 0.3) is 10.9 Å². The summed E-state index contributed by atoms with van der Waals surface area (Å²) >= 11 is 5.65. The summed E-state index contributed by atoms with van der Waals surface area (Å²) in [5.41, 5.74) is 1.50. The highest BCUT2D eigenvalue weighted by molar-refractivity contribution is 6.16. The highest BCUT2D eigenvalue weighted by Crippen LogP contribution is 2.28. The normalized spacial score (nSPS) is 10.7. The highest BCUT2D eigenvalue weighted by Gasteiger charge is 2.08. The van der Waals surface area contributed by atoms with Crippen LogP contribution in [0.4, 0.5) is 0 Å². The van der Waals surface area contributed by atoms with Gasteiger partial charge in [-0.1, -0.05) is 6.07 Å². The summed E-state index contributed by atoms with van der Waals surface area (Å²) in [6.07, 6.45) is 3.40. The van der Waals surface area contributed by atoms with E-state index in [1.165, 1.54) is 6.26 Å². The quantitative estimate of drug-likeness (QED) is 0.673. The fraction of sp³-hybridized carbons (Fsp3) is 0.0769. The minimum Gasteiger partial charge on any atom is -0.417 e. The van der Waals surface area contributed by atoms with E-state index in [2.05, 4.69) is 9.97 Å². The molecule has 0 aliphatic heterocycles. The summed E-state index contributed by atoms with van der Waals surface area (Å²) in [6, 6.07) is 9.42. The van der Waals surface area contributed by atoms with Gasteiger partial charge in [-0.2, -0.15) is 4.98 Å². The molecule has 5 heteroatoms. The molecule has 1 aromatic carbocycles. The number of benzene rings is 1. The summed E-state index contributed by atoms with van der Waals surface area (Å²) in [4.78, 5) is 8.34. The second-order valence-electron chi connectivity index (χ2n) is 3.67. The van der Waals surface area contributed by atoms with Gasteiger partial charge in [-0.25, -0.2) is 0 Å². The molecule has 2 heterocycles. The zero-order chi connectivity index (χ0) is 12.4. The van der Waals surface area contributed by atoms with Crippen LogP contribution in [0.2, 0.25) is 0 Å². The van der Waals surface area contributed by atoms with Gasteiger partial charge in [0.25, 0.3) is 0 Å². The van der Waals surface area contributed by atoms with Crippen LogP contribution in [0, 0.1) is 0 Å². The number of alkyl halides is 1. The Kier molecular flexibility index (Phi) is 2.86. The van der Waals surface area contributed by atoms with Crippen molar-refractivity contribution < 1.29 is 9.15 Å². The summed E-state index contributed by atoms with van der Waals surface area (Å²) in [6.45, 7) is 0. The molecule has 90 valence electrons. The maximum Gasteiger partial charge on any atom is 0.399 e. The number of hydrogen-bond acceptors (Lipinski definition) is 4. The van der Waals surface area contributed by atoms with E-state index in [1.54, 1.807) is 6.20 Å². The first-order chi connectivity index (χ1) is 8.86. The Morgan fingerprint density at radius 1 is 1.22 bits per heavy atom. The molecule has 0 radical (unpaired) electrons. The lowest BCUT2D eigenvalue weighted by atomic mass is 10.2. The molecule has 0 aliphatic rings. The lowest BCUT2D eigenvalue weighted by Crippen LogP contribution is -1.87. The molecule has 0 saturated carbocycles. The van der Waals surface area contributed by atoms with E-state index >= 15 is 0 Å². The van der Waals surface area contributed by atoms with E-state index in [4.69, 9.17) is 20.8 Å². The van der Waals surface area contributed by atoms with Gasteiger partial charge >= 0.3 is 6.08 Å². The van der Waals surface area contributed by atoms with Crippen LogP contribution in [0.1, 0.15) is 5.69 Å². The fourth-order valence-electron chi connectivity index (χ4n) is 1.65. The van der Waals surface area contributed by atoms with Gasteiger partial charge in [0.15, 0.2) is 0 Å². The molecule has 0 atom stereocenters. The van der Waals surface area contributed by atoms with E-state index < -0.39 is 0 Å². The Hall–Kier alpha value is -2.07. The second-order valence-corrected chi connectivity index (χ2v) is 3.93. The van der Waals surface area contributed by atoms with E-state index in [0.29, 0.717) is 17.3 Å². The van der Waals surface area contributed by atoms with Crippen molar-refractivity contribution >= 4 is 22.5 Å². The van der Waals surface area contributed by atoms with Crippen LogP contribution in [0.15, 0.2) is 47.2 Å². The van der Waals surface area contributed by atoms with Gasteiger partial charge in [0.05, 0.1) is 17.1 Å². The number of fused-ring (bicyclic) bond motifs is 1. The topological polar surface area (TPSA) is 48.2 Å². The molecule has 0 bridgehead atoms. The summed E-state index contributed by atoms with van der Waals surface area (Å²) < 4.78 is 10.8. The van der Waals surface area contributed by atoms with Crippen LogP contribution < -0.4 is 4.74 Å². The monoisotopic (exact) mass is 260 g/mol. The first kappa shape index (κ1) is 11.0. The van der Waals surface area contributed by atoms with E-state index in [0.717, 1.165) is 10.9 Å². The molecular formula is C13H9ClN2O2. The molecule has 4 nitrogen and oxygen atoms in total. The van der Waals surface area contributed by atoms with Crippen molar-refractivity contribution in [2.45, 2.75) is 5.88 Å². The van der Waals surface area contributed by atoms with Crippen LogP contribution in [-0.4, -0.2) is 9.97 Å². The van der Waals surface area contributed by atoms with Crippen molar-refractivity contribution in [3.05, 3.63) is 48.5 Å².